The van der Waals surface area contributed by atoms with Crippen molar-refractivity contribution in [3.63, 3.8) is 0 Å². The van der Waals surface area contributed by atoms with Crippen molar-refractivity contribution in [2.45, 2.75) is 64.3 Å². The summed E-state index contributed by atoms with van der Waals surface area (Å²) in [4.78, 5) is 25.9. The Hall–Kier alpha value is -2.70. The summed E-state index contributed by atoms with van der Waals surface area (Å²) < 4.78 is 29.6. The minimum Gasteiger partial charge on any atom is -0.286 e. The zero-order valence-electron chi connectivity index (χ0n) is 16.7. The Morgan fingerprint density at radius 1 is 1.14 bits per heavy atom. The first kappa shape index (κ1) is 19.6. The predicted octanol–water partition coefficient (Wildman–Crippen LogP) is 4.70. The molecule has 0 amide bonds. The van der Waals surface area contributed by atoms with Gasteiger partial charge in [0.25, 0.3) is 11.5 Å². The Kier molecular flexibility index (Phi) is 5.15. The molecule has 3 heterocycles. The van der Waals surface area contributed by atoms with E-state index in [2.05, 4.69) is 15.0 Å². The zero-order chi connectivity index (χ0) is 20.6. The van der Waals surface area contributed by atoms with E-state index < -0.39 is 11.6 Å². The van der Waals surface area contributed by atoms with Crippen molar-refractivity contribution in [1.82, 2.24) is 19.5 Å². The van der Waals surface area contributed by atoms with Gasteiger partial charge in [0.2, 0.25) is 0 Å². The number of halogens is 2. The molecule has 0 aliphatic heterocycles. The van der Waals surface area contributed by atoms with Gasteiger partial charge in [-0.05, 0) is 43.9 Å². The van der Waals surface area contributed by atoms with E-state index in [1.807, 2.05) is 25.1 Å². The molecule has 0 aromatic carbocycles. The molecule has 5 nitrogen and oxygen atoms in total. The topological polar surface area (TPSA) is 60.7 Å². The molecule has 0 unspecified atom stereocenters. The van der Waals surface area contributed by atoms with Crippen LogP contribution in [0.4, 0.5) is 8.78 Å². The van der Waals surface area contributed by atoms with Crippen LogP contribution in [0, 0.1) is 6.92 Å². The van der Waals surface area contributed by atoms with Crippen LogP contribution >= 0.6 is 0 Å². The van der Waals surface area contributed by atoms with Gasteiger partial charge in [-0.1, -0.05) is 19.3 Å². The Morgan fingerprint density at radius 3 is 2.59 bits per heavy atom. The van der Waals surface area contributed by atoms with Crippen molar-refractivity contribution in [3.8, 4) is 0 Å². The van der Waals surface area contributed by atoms with Crippen LogP contribution < -0.4 is 5.56 Å². The second-order valence-corrected chi connectivity index (χ2v) is 7.93. The lowest BCUT2D eigenvalue weighted by Gasteiger charge is -2.23. The van der Waals surface area contributed by atoms with Gasteiger partial charge in [-0.25, -0.2) is 4.98 Å². The van der Waals surface area contributed by atoms with Gasteiger partial charge in [0.15, 0.2) is 0 Å². The van der Waals surface area contributed by atoms with Gasteiger partial charge < -0.3 is 0 Å². The summed E-state index contributed by atoms with van der Waals surface area (Å²) in [6.45, 7) is 2.55. The van der Waals surface area contributed by atoms with E-state index >= 15 is 0 Å². The smallest absolute Gasteiger partial charge is 0.286 e. The molecule has 3 aromatic heterocycles. The van der Waals surface area contributed by atoms with Gasteiger partial charge >= 0.3 is 0 Å². The third-order valence-corrected chi connectivity index (χ3v) is 5.65. The Balaban J connectivity index is 1.90. The molecule has 3 aromatic rings. The lowest BCUT2D eigenvalue weighted by atomic mass is 9.84. The van der Waals surface area contributed by atoms with Gasteiger partial charge in [0, 0.05) is 36.0 Å². The molecular formula is C22H24F2N4O. The summed E-state index contributed by atoms with van der Waals surface area (Å²) in [5, 5.41) is 0.837. The second kappa shape index (κ2) is 7.61. The highest BCUT2D eigenvalue weighted by Crippen LogP contribution is 2.32. The molecule has 0 atom stereocenters. The van der Waals surface area contributed by atoms with Crippen LogP contribution in [0.15, 0.2) is 35.4 Å². The van der Waals surface area contributed by atoms with E-state index in [9.17, 15) is 13.6 Å². The number of pyridine rings is 2. The number of hydrogen-bond acceptors (Lipinski definition) is 4. The SMILES string of the molecule is Cc1ccc2cc(C3CCCCC3)c(=O)n(Cc3nccnc3C(C)(F)F)c2n1. The maximum absolute atomic E-state index is 14.1. The van der Waals surface area contributed by atoms with Crippen LogP contribution in [0.2, 0.25) is 0 Å². The van der Waals surface area contributed by atoms with Crippen molar-refractivity contribution in [3.05, 3.63) is 63.6 Å². The van der Waals surface area contributed by atoms with Gasteiger partial charge in [0.1, 0.15) is 11.3 Å². The number of fused-ring (bicyclic) bond motifs is 1. The van der Waals surface area contributed by atoms with Gasteiger partial charge in [-0.2, -0.15) is 8.78 Å². The summed E-state index contributed by atoms with van der Waals surface area (Å²) in [6, 6.07) is 5.77. The molecule has 1 aliphatic carbocycles. The molecule has 152 valence electrons. The zero-order valence-corrected chi connectivity index (χ0v) is 16.7. The fourth-order valence-electron chi connectivity index (χ4n) is 4.22. The van der Waals surface area contributed by atoms with Gasteiger partial charge in [0.05, 0.1) is 12.2 Å². The average molecular weight is 398 g/mol. The maximum Gasteiger partial charge on any atom is 0.288 e. The quantitative estimate of drug-likeness (QED) is 0.639. The van der Waals surface area contributed by atoms with Crippen LogP contribution in [0.25, 0.3) is 11.0 Å². The Bertz CT molecular complexity index is 1100. The number of aromatic nitrogens is 4. The van der Waals surface area contributed by atoms with Crippen LogP contribution in [0.3, 0.4) is 0 Å². The third-order valence-electron chi connectivity index (χ3n) is 5.65. The first-order valence-corrected chi connectivity index (χ1v) is 10.0. The molecular weight excluding hydrogens is 374 g/mol. The third kappa shape index (κ3) is 3.91. The highest BCUT2D eigenvalue weighted by molar-refractivity contribution is 5.76. The van der Waals surface area contributed by atoms with E-state index in [0.717, 1.165) is 49.3 Å². The first-order chi connectivity index (χ1) is 13.8. The molecule has 0 radical (unpaired) electrons. The maximum atomic E-state index is 14.1. The summed E-state index contributed by atoms with van der Waals surface area (Å²) in [5.41, 5.74) is 1.51. The largest absolute Gasteiger partial charge is 0.288 e. The number of hydrogen-bond donors (Lipinski definition) is 0. The van der Waals surface area contributed by atoms with Gasteiger partial charge in [-0.15, -0.1) is 0 Å². The average Bonchev–Trinajstić information content (AvgIpc) is 2.70. The Morgan fingerprint density at radius 2 is 1.86 bits per heavy atom. The fraction of sp³-hybridized carbons (Fsp3) is 0.455. The van der Waals surface area contributed by atoms with Crippen LogP contribution in [0.5, 0.6) is 0 Å². The van der Waals surface area contributed by atoms with Crippen molar-refractivity contribution < 1.29 is 8.78 Å². The van der Waals surface area contributed by atoms with Crippen LogP contribution in [0.1, 0.15) is 67.6 Å². The number of alkyl halides is 2. The number of aryl methyl sites for hydroxylation is 1. The lowest BCUT2D eigenvalue weighted by molar-refractivity contribution is 0.0111. The van der Waals surface area contributed by atoms with E-state index in [4.69, 9.17) is 0 Å². The minimum absolute atomic E-state index is 0.0844. The molecule has 0 spiro atoms. The van der Waals surface area contributed by atoms with E-state index in [1.54, 1.807) is 0 Å². The fourth-order valence-corrected chi connectivity index (χ4v) is 4.22. The van der Waals surface area contributed by atoms with E-state index in [1.165, 1.54) is 23.4 Å². The number of nitrogens with zero attached hydrogens (tertiary/aromatic N) is 4. The lowest BCUT2D eigenvalue weighted by Crippen LogP contribution is -2.29. The minimum atomic E-state index is -3.15. The normalized spacial score (nSPS) is 15.7. The first-order valence-electron chi connectivity index (χ1n) is 10.0. The summed E-state index contributed by atoms with van der Waals surface area (Å²) >= 11 is 0. The molecule has 1 aliphatic rings. The molecule has 0 N–H and O–H groups in total. The standard InChI is InChI=1S/C22H24F2N4O/c1-14-8-9-16-12-17(15-6-4-3-5-7-15)21(29)28(20(16)27-14)13-18-19(22(2,23)24)26-11-10-25-18/h8-12,15H,3-7,13H2,1-2H3. The molecule has 4 rings (SSSR count). The highest BCUT2D eigenvalue weighted by atomic mass is 19.3. The molecule has 0 bridgehead atoms. The predicted molar refractivity (Wildman–Crippen MR) is 107 cm³/mol. The monoisotopic (exact) mass is 398 g/mol. The van der Waals surface area contributed by atoms with Gasteiger partial charge in [-0.3, -0.25) is 19.3 Å². The van der Waals surface area contributed by atoms with Crippen molar-refractivity contribution >= 4 is 11.0 Å². The highest BCUT2D eigenvalue weighted by Gasteiger charge is 2.31. The van der Waals surface area contributed by atoms with Crippen molar-refractivity contribution in [2.75, 3.05) is 0 Å². The Labute approximate surface area is 167 Å². The van der Waals surface area contributed by atoms with Crippen molar-refractivity contribution in [1.29, 1.82) is 0 Å². The van der Waals surface area contributed by atoms with Crippen LogP contribution in [-0.4, -0.2) is 19.5 Å². The molecule has 0 saturated heterocycles. The van der Waals surface area contributed by atoms with E-state index in [0.29, 0.717) is 5.65 Å². The summed E-state index contributed by atoms with van der Waals surface area (Å²) in [5.74, 6) is -2.95. The van der Waals surface area contributed by atoms with Crippen LogP contribution in [-0.2, 0) is 12.5 Å². The molecule has 1 fully saturated rings. The molecule has 29 heavy (non-hydrogen) atoms. The second-order valence-electron chi connectivity index (χ2n) is 7.93. The summed E-state index contributed by atoms with van der Waals surface area (Å²) in [6.07, 6.45) is 7.97. The summed E-state index contributed by atoms with van der Waals surface area (Å²) in [7, 11) is 0. The van der Waals surface area contributed by atoms with E-state index in [-0.39, 0.29) is 23.7 Å². The molecule has 7 heteroatoms. The molecule has 1 saturated carbocycles. The number of rotatable bonds is 4. The van der Waals surface area contributed by atoms with Crippen molar-refractivity contribution in [2.24, 2.45) is 0 Å².